The predicted molar refractivity (Wildman–Crippen MR) is 119 cm³/mol. The molecule has 2 aromatic carbocycles. The van der Waals surface area contributed by atoms with Crippen molar-refractivity contribution in [2.45, 2.75) is 18.7 Å². The lowest BCUT2D eigenvalue weighted by molar-refractivity contribution is 0.392. The summed E-state index contributed by atoms with van der Waals surface area (Å²) < 4.78 is 53.9. The molecular weight excluding hydrogens is 451 g/mol. The first-order chi connectivity index (χ1) is 15.7. The zero-order chi connectivity index (χ0) is 23.8. The second-order valence-corrected chi connectivity index (χ2v) is 8.74. The number of para-hydroxylation sites is 1. The van der Waals surface area contributed by atoms with E-state index in [-0.39, 0.29) is 16.3 Å². The summed E-state index contributed by atoms with van der Waals surface area (Å²) in [7, 11) is -2.89. The largest absolute Gasteiger partial charge is 0.495 e. The molecule has 2 aromatic heterocycles. The van der Waals surface area contributed by atoms with Gasteiger partial charge < -0.3 is 9.26 Å². The van der Waals surface area contributed by atoms with Gasteiger partial charge in [-0.05, 0) is 50.2 Å². The number of rotatable bonds is 6. The minimum Gasteiger partial charge on any atom is -0.495 e. The second kappa shape index (κ2) is 8.51. The van der Waals surface area contributed by atoms with E-state index in [9.17, 15) is 17.6 Å². The Bertz CT molecular complexity index is 1490. The van der Waals surface area contributed by atoms with Crippen molar-refractivity contribution in [3.63, 3.8) is 0 Å². The maximum Gasteiger partial charge on any atom is 0.271 e. The first-order valence-corrected chi connectivity index (χ1v) is 11.2. The summed E-state index contributed by atoms with van der Waals surface area (Å²) in [5, 5.41) is 8.21. The van der Waals surface area contributed by atoms with Crippen molar-refractivity contribution in [1.29, 1.82) is 0 Å². The highest BCUT2D eigenvalue weighted by Gasteiger charge is 2.23. The lowest BCUT2D eigenvalue weighted by Crippen LogP contribution is -2.21. The van der Waals surface area contributed by atoms with Gasteiger partial charge in [-0.3, -0.25) is 9.52 Å². The van der Waals surface area contributed by atoms with E-state index in [0.717, 1.165) is 10.7 Å². The molecule has 4 aromatic rings. The molecule has 0 spiro atoms. The zero-order valence-electron chi connectivity index (χ0n) is 17.9. The molecule has 2 heterocycles. The van der Waals surface area contributed by atoms with Gasteiger partial charge in [0.05, 0.1) is 18.5 Å². The second-order valence-electron chi connectivity index (χ2n) is 7.09. The summed E-state index contributed by atoms with van der Waals surface area (Å²) in [6.07, 6.45) is 0. The van der Waals surface area contributed by atoms with Gasteiger partial charge in [0, 0.05) is 11.6 Å². The number of aromatic nitrogens is 3. The Morgan fingerprint density at radius 2 is 1.85 bits per heavy atom. The summed E-state index contributed by atoms with van der Waals surface area (Å²) in [5.74, 6) is -0.252. The van der Waals surface area contributed by atoms with E-state index in [4.69, 9.17) is 9.26 Å². The van der Waals surface area contributed by atoms with Crippen molar-refractivity contribution in [2.24, 2.45) is 0 Å². The highest BCUT2D eigenvalue weighted by Crippen LogP contribution is 2.31. The normalized spacial score (nSPS) is 11.4. The van der Waals surface area contributed by atoms with E-state index in [1.165, 1.54) is 49.6 Å². The van der Waals surface area contributed by atoms with Gasteiger partial charge in [-0.2, -0.15) is 9.78 Å². The third kappa shape index (κ3) is 4.22. The number of hydrogen-bond acceptors (Lipinski definition) is 7. The van der Waals surface area contributed by atoms with Crippen LogP contribution in [-0.4, -0.2) is 30.5 Å². The Morgan fingerprint density at radius 3 is 2.52 bits per heavy atom. The van der Waals surface area contributed by atoms with Crippen LogP contribution in [0.2, 0.25) is 0 Å². The van der Waals surface area contributed by atoms with Gasteiger partial charge in [0.1, 0.15) is 27.8 Å². The monoisotopic (exact) mass is 470 g/mol. The molecule has 0 radical (unpaired) electrons. The van der Waals surface area contributed by atoms with E-state index in [0.29, 0.717) is 28.4 Å². The molecule has 1 N–H and O–H groups in total. The molecule has 0 unspecified atom stereocenters. The molecule has 0 aliphatic rings. The maximum absolute atomic E-state index is 14.0. The number of halogens is 1. The molecule has 0 saturated carbocycles. The van der Waals surface area contributed by atoms with E-state index in [1.54, 1.807) is 19.9 Å². The molecule has 4 rings (SSSR count). The molecule has 170 valence electrons. The molecule has 11 heteroatoms. The molecule has 9 nitrogen and oxygen atoms in total. The third-order valence-electron chi connectivity index (χ3n) is 4.87. The van der Waals surface area contributed by atoms with Crippen LogP contribution < -0.4 is 15.0 Å². The maximum atomic E-state index is 14.0. The summed E-state index contributed by atoms with van der Waals surface area (Å²) in [6, 6.07) is 12.6. The van der Waals surface area contributed by atoms with Crippen molar-refractivity contribution in [3.8, 4) is 22.7 Å². The molecule has 0 bridgehead atoms. The SMILES string of the molecule is COc1ccc(-c2ccc(=O)n(-c3c(C)noc3C)n2)cc1S(=O)(=O)Nc1ccccc1F. The minimum atomic E-state index is -4.22. The Balaban J connectivity index is 1.82. The summed E-state index contributed by atoms with van der Waals surface area (Å²) in [5.41, 5.74) is 0.992. The number of aryl methyl sites for hydroxylation is 2. The smallest absolute Gasteiger partial charge is 0.271 e. The highest BCUT2D eigenvalue weighted by molar-refractivity contribution is 7.92. The van der Waals surface area contributed by atoms with E-state index < -0.39 is 21.4 Å². The highest BCUT2D eigenvalue weighted by atomic mass is 32.2. The molecule has 0 aliphatic carbocycles. The van der Waals surface area contributed by atoms with Crippen molar-refractivity contribution in [3.05, 3.63) is 82.2 Å². The number of methoxy groups -OCH3 is 1. The lowest BCUT2D eigenvalue weighted by Gasteiger charge is -2.14. The van der Waals surface area contributed by atoms with Crippen LogP contribution in [0.5, 0.6) is 5.75 Å². The number of anilines is 1. The summed E-state index contributed by atoms with van der Waals surface area (Å²) in [6.45, 7) is 3.33. The van der Waals surface area contributed by atoms with Crippen molar-refractivity contribution < 1.29 is 22.1 Å². The van der Waals surface area contributed by atoms with Crippen LogP contribution in [0.1, 0.15) is 11.5 Å². The number of ether oxygens (including phenoxy) is 1. The van der Waals surface area contributed by atoms with Crippen LogP contribution in [0.15, 0.2) is 68.8 Å². The number of hydrogen-bond donors (Lipinski definition) is 1. The first kappa shape index (κ1) is 22.2. The topological polar surface area (TPSA) is 116 Å². The summed E-state index contributed by atoms with van der Waals surface area (Å²) in [4.78, 5) is 12.2. The Morgan fingerprint density at radius 1 is 1.09 bits per heavy atom. The van der Waals surface area contributed by atoms with Crippen molar-refractivity contribution >= 4 is 15.7 Å². The van der Waals surface area contributed by atoms with E-state index >= 15 is 0 Å². The fraction of sp³-hybridized carbons (Fsp3) is 0.136. The van der Waals surface area contributed by atoms with Crippen LogP contribution in [0.25, 0.3) is 16.9 Å². The predicted octanol–water partition coefficient (Wildman–Crippen LogP) is 3.45. The average Bonchev–Trinajstić information content (AvgIpc) is 3.13. The lowest BCUT2D eigenvalue weighted by atomic mass is 10.1. The zero-order valence-corrected chi connectivity index (χ0v) is 18.7. The number of benzene rings is 2. The fourth-order valence-corrected chi connectivity index (χ4v) is 4.56. The van der Waals surface area contributed by atoms with Gasteiger partial charge in [0.2, 0.25) is 0 Å². The van der Waals surface area contributed by atoms with Gasteiger partial charge in [0.15, 0.2) is 5.76 Å². The molecule has 0 amide bonds. The standard InChI is InChI=1S/C22H19FN4O5S/c1-13-22(14(2)32-25-13)27-21(28)11-9-17(24-27)15-8-10-19(31-3)20(12-15)33(29,30)26-18-7-5-4-6-16(18)23/h4-12,26H,1-3H3. The Hall–Kier alpha value is -3.99. The van der Waals surface area contributed by atoms with Crippen LogP contribution in [0.3, 0.4) is 0 Å². The molecule has 33 heavy (non-hydrogen) atoms. The van der Waals surface area contributed by atoms with Crippen LogP contribution in [-0.2, 0) is 10.0 Å². The van der Waals surface area contributed by atoms with Gasteiger partial charge in [0.25, 0.3) is 15.6 Å². The molecule has 0 fully saturated rings. The Kier molecular flexibility index (Phi) is 5.73. The van der Waals surface area contributed by atoms with E-state index in [1.807, 2.05) is 0 Å². The van der Waals surface area contributed by atoms with Gasteiger partial charge in [-0.25, -0.2) is 12.8 Å². The van der Waals surface area contributed by atoms with Gasteiger partial charge in [-0.1, -0.05) is 17.3 Å². The number of nitrogens with one attached hydrogen (secondary N) is 1. The van der Waals surface area contributed by atoms with Crippen LogP contribution in [0.4, 0.5) is 10.1 Å². The fourth-order valence-electron chi connectivity index (χ4n) is 3.30. The molecule has 0 atom stereocenters. The minimum absolute atomic E-state index is 0.0571. The quantitative estimate of drug-likeness (QED) is 0.459. The average molecular weight is 470 g/mol. The number of nitrogens with zero attached hydrogens (tertiary/aromatic N) is 3. The summed E-state index contributed by atoms with van der Waals surface area (Å²) >= 11 is 0. The van der Waals surface area contributed by atoms with Crippen molar-refractivity contribution in [1.82, 2.24) is 14.9 Å². The number of sulfonamides is 1. The molecule has 0 aliphatic heterocycles. The first-order valence-electron chi connectivity index (χ1n) is 9.70. The van der Waals surface area contributed by atoms with Gasteiger partial charge >= 0.3 is 0 Å². The van der Waals surface area contributed by atoms with Crippen LogP contribution >= 0.6 is 0 Å². The van der Waals surface area contributed by atoms with Crippen molar-refractivity contribution in [2.75, 3.05) is 11.8 Å². The van der Waals surface area contributed by atoms with Gasteiger partial charge in [-0.15, -0.1) is 0 Å². The molecule has 0 saturated heterocycles. The molecular formula is C22H19FN4O5S. The van der Waals surface area contributed by atoms with Crippen LogP contribution in [0, 0.1) is 19.7 Å². The van der Waals surface area contributed by atoms with E-state index in [2.05, 4.69) is 15.0 Å². The third-order valence-corrected chi connectivity index (χ3v) is 6.26. The Labute approximate surface area is 188 Å².